The van der Waals surface area contributed by atoms with Crippen molar-refractivity contribution < 1.29 is 9.59 Å². The van der Waals surface area contributed by atoms with Crippen LogP contribution < -0.4 is 10.2 Å². The summed E-state index contributed by atoms with van der Waals surface area (Å²) in [6.07, 6.45) is 0.476. The van der Waals surface area contributed by atoms with E-state index in [0.29, 0.717) is 25.1 Å². The molecule has 2 aromatic rings. The normalized spacial score (nSPS) is 17.5. The second-order valence-electron chi connectivity index (χ2n) is 5.49. The number of rotatable bonds is 4. The van der Waals surface area contributed by atoms with E-state index in [1.54, 1.807) is 17.0 Å². The van der Waals surface area contributed by atoms with Crippen molar-refractivity contribution >= 4 is 17.5 Å². The lowest BCUT2D eigenvalue weighted by atomic mass is 10.1. The number of hydrogen-bond acceptors (Lipinski definition) is 2. The minimum atomic E-state index is -0.0915. The molecule has 0 aromatic heterocycles. The monoisotopic (exact) mass is 294 g/mol. The largest absolute Gasteiger partial charge is 0.352 e. The molecule has 0 spiro atoms. The van der Waals surface area contributed by atoms with Crippen LogP contribution in [0.15, 0.2) is 60.7 Å². The van der Waals surface area contributed by atoms with Gasteiger partial charge in [0, 0.05) is 36.7 Å². The molecule has 4 nitrogen and oxygen atoms in total. The Morgan fingerprint density at radius 1 is 1.05 bits per heavy atom. The van der Waals surface area contributed by atoms with Gasteiger partial charge in [-0.1, -0.05) is 36.4 Å². The van der Waals surface area contributed by atoms with Crippen molar-refractivity contribution in [3.63, 3.8) is 0 Å². The zero-order chi connectivity index (χ0) is 15.4. The van der Waals surface area contributed by atoms with Gasteiger partial charge in [-0.2, -0.15) is 0 Å². The molecule has 112 valence electrons. The van der Waals surface area contributed by atoms with Gasteiger partial charge in [-0.25, -0.2) is 0 Å². The summed E-state index contributed by atoms with van der Waals surface area (Å²) < 4.78 is 0. The molecule has 2 amide bonds. The molecule has 1 heterocycles. The van der Waals surface area contributed by atoms with Gasteiger partial charge in [0.05, 0.1) is 0 Å². The smallest absolute Gasteiger partial charge is 0.251 e. The Morgan fingerprint density at radius 2 is 1.68 bits per heavy atom. The van der Waals surface area contributed by atoms with Crippen LogP contribution in [0.25, 0.3) is 0 Å². The van der Waals surface area contributed by atoms with Crippen molar-refractivity contribution in [2.45, 2.75) is 6.42 Å². The van der Waals surface area contributed by atoms with Gasteiger partial charge in [0.2, 0.25) is 5.91 Å². The van der Waals surface area contributed by atoms with Gasteiger partial charge in [-0.05, 0) is 24.3 Å². The standard InChI is InChI=1S/C18H18N2O2/c21-17-11-14(13-20(17)16-9-5-2-6-10-16)12-19-18(22)15-7-3-1-4-8-15/h1-10,14H,11-13H2,(H,19,22)/t14-/m0/s1. The summed E-state index contributed by atoms with van der Waals surface area (Å²) in [4.78, 5) is 25.9. The molecular weight excluding hydrogens is 276 g/mol. The predicted octanol–water partition coefficient (Wildman–Crippen LogP) is 2.47. The van der Waals surface area contributed by atoms with E-state index in [4.69, 9.17) is 0 Å². The summed E-state index contributed by atoms with van der Waals surface area (Å²) in [5.41, 5.74) is 1.57. The van der Waals surface area contributed by atoms with Gasteiger partial charge in [0.15, 0.2) is 0 Å². The molecule has 1 saturated heterocycles. The number of anilines is 1. The Morgan fingerprint density at radius 3 is 2.36 bits per heavy atom. The quantitative estimate of drug-likeness (QED) is 0.941. The van der Waals surface area contributed by atoms with E-state index in [2.05, 4.69) is 5.32 Å². The topological polar surface area (TPSA) is 49.4 Å². The Hall–Kier alpha value is -2.62. The summed E-state index contributed by atoms with van der Waals surface area (Å²) in [5.74, 6) is 0.178. The third kappa shape index (κ3) is 3.17. The summed E-state index contributed by atoms with van der Waals surface area (Å²) >= 11 is 0. The Labute approximate surface area is 129 Å². The highest BCUT2D eigenvalue weighted by atomic mass is 16.2. The number of nitrogens with one attached hydrogen (secondary N) is 1. The third-order valence-electron chi connectivity index (χ3n) is 3.86. The second-order valence-corrected chi connectivity index (χ2v) is 5.49. The van der Waals surface area contributed by atoms with Crippen LogP contribution in [0, 0.1) is 5.92 Å². The van der Waals surface area contributed by atoms with Crippen LogP contribution >= 0.6 is 0 Å². The molecular formula is C18H18N2O2. The minimum Gasteiger partial charge on any atom is -0.352 e. The van der Waals surface area contributed by atoms with Gasteiger partial charge in [-0.3, -0.25) is 9.59 Å². The fourth-order valence-electron chi connectivity index (χ4n) is 2.70. The fraction of sp³-hybridized carbons (Fsp3) is 0.222. The van der Waals surface area contributed by atoms with Gasteiger partial charge >= 0.3 is 0 Å². The first-order valence-corrected chi connectivity index (χ1v) is 7.42. The molecule has 0 radical (unpaired) electrons. The van der Waals surface area contributed by atoms with Gasteiger partial charge in [0.1, 0.15) is 0 Å². The minimum absolute atomic E-state index is 0.0915. The van der Waals surface area contributed by atoms with Crippen LogP contribution in [0.4, 0.5) is 5.69 Å². The van der Waals surface area contributed by atoms with Gasteiger partial charge < -0.3 is 10.2 Å². The molecule has 0 bridgehead atoms. The van der Waals surface area contributed by atoms with Crippen LogP contribution in [0.2, 0.25) is 0 Å². The SMILES string of the molecule is O=C(NC[C@@H]1CC(=O)N(c2ccccc2)C1)c1ccccc1. The fourth-order valence-corrected chi connectivity index (χ4v) is 2.70. The van der Waals surface area contributed by atoms with Crippen LogP contribution in [0.1, 0.15) is 16.8 Å². The molecule has 4 heteroatoms. The van der Waals surface area contributed by atoms with Crippen molar-refractivity contribution in [3.05, 3.63) is 66.2 Å². The average Bonchev–Trinajstić information content (AvgIpc) is 2.95. The first-order chi connectivity index (χ1) is 10.7. The maximum Gasteiger partial charge on any atom is 0.251 e. The molecule has 0 unspecified atom stereocenters. The average molecular weight is 294 g/mol. The number of carbonyl (C=O) groups is 2. The molecule has 2 aromatic carbocycles. The van der Waals surface area contributed by atoms with Crippen molar-refractivity contribution in [2.24, 2.45) is 5.92 Å². The molecule has 3 rings (SSSR count). The third-order valence-corrected chi connectivity index (χ3v) is 3.86. The highest BCUT2D eigenvalue weighted by Gasteiger charge is 2.30. The predicted molar refractivity (Wildman–Crippen MR) is 85.7 cm³/mol. The summed E-state index contributed by atoms with van der Waals surface area (Å²) in [6, 6.07) is 18.8. The number of benzene rings is 2. The van der Waals surface area contributed by atoms with E-state index in [-0.39, 0.29) is 17.7 Å². The molecule has 22 heavy (non-hydrogen) atoms. The van der Waals surface area contributed by atoms with Crippen LogP contribution in [-0.2, 0) is 4.79 Å². The molecule has 0 saturated carbocycles. The van der Waals surface area contributed by atoms with Crippen LogP contribution in [0.5, 0.6) is 0 Å². The summed E-state index contributed by atoms with van der Waals surface area (Å²) in [7, 11) is 0. The molecule has 1 aliphatic rings. The Balaban J connectivity index is 1.57. The van der Waals surface area contributed by atoms with Crippen molar-refractivity contribution in [2.75, 3.05) is 18.0 Å². The van der Waals surface area contributed by atoms with E-state index >= 15 is 0 Å². The first kappa shape index (κ1) is 14.3. The molecule has 1 atom stereocenters. The Bertz CT molecular complexity index is 655. The van der Waals surface area contributed by atoms with Crippen LogP contribution in [0.3, 0.4) is 0 Å². The number of amides is 2. The molecule has 1 aliphatic heterocycles. The number of hydrogen-bond donors (Lipinski definition) is 1. The second kappa shape index (κ2) is 6.43. The number of carbonyl (C=O) groups excluding carboxylic acids is 2. The highest BCUT2D eigenvalue weighted by molar-refractivity contribution is 5.96. The lowest BCUT2D eigenvalue weighted by molar-refractivity contribution is -0.117. The first-order valence-electron chi connectivity index (χ1n) is 7.42. The lowest BCUT2D eigenvalue weighted by Crippen LogP contribution is -2.31. The highest BCUT2D eigenvalue weighted by Crippen LogP contribution is 2.24. The van der Waals surface area contributed by atoms with Crippen molar-refractivity contribution in [3.8, 4) is 0 Å². The molecule has 1 fully saturated rings. The summed E-state index contributed by atoms with van der Waals surface area (Å²) in [6.45, 7) is 1.17. The lowest BCUT2D eigenvalue weighted by Gasteiger charge is -2.16. The molecule has 0 aliphatic carbocycles. The van der Waals surface area contributed by atoms with Crippen molar-refractivity contribution in [1.29, 1.82) is 0 Å². The molecule has 1 N–H and O–H groups in total. The zero-order valence-electron chi connectivity index (χ0n) is 12.2. The van der Waals surface area contributed by atoms with E-state index < -0.39 is 0 Å². The van der Waals surface area contributed by atoms with E-state index in [9.17, 15) is 9.59 Å². The number of nitrogens with zero attached hydrogens (tertiary/aromatic N) is 1. The number of para-hydroxylation sites is 1. The van der Waals surface area contributed by atoms with E-state index in [0.717, 1.165) is 5.69 Å². The van der Waals surface area contributed by atoms with Gasteiger partial charge in [-0.15, -0.1) is 0 Å². The van der Waals surface area contributed by atoms with Crippen molar-refractivity contribution in [1.82, 2.24) is 5.32 Å². The van der Waals surface area contributed by atoms with Crippen LogP contribution in [-0.4, -0.2) is 24.9 Å². The Kier molecular flexibility index (Phi) is 4.19. The maximum absolute atomic E-state index is 12.1. The van der Waals surface area contributed by atoms with Gasteiger partial charge in [0.25, 0.3) is 5.91 Å². The van der Waals surface area contributed by atoms with E-state index in [1.165, 1.54) is 0 Å². The zero-order valence-corrected chi connectivity index (χ0v) is 12.2. The maximum atomic E-state index is 12.1. The summed E-state index contributed by atoms with van der Waals surface area (Å²) in [5, 5.41) is 2.92. The van der Waals surface area contributed by atoms with E-state index in [1.807, 2.05) is 48.5 Å².